The number of hydrogen-bond donors (Lipinski definition) is 0. The highest BCUT2D eigenvalue weighted by atomic mass is 35.5. The number of hydrogen-bond acceptors (Lipinski definition) is 3. The van der Waals surface area contributed by atoms with E-state index in [1.165, 1.54) is 30.3 Å². The van der Waals surface area contributed by atoms with Crippen LogP contribution in [0.4, 0.5) is 0 Å². The third-order valence-electron chi connectivity index (χ3n) is 2.05. The molecule has 0 radical (unpaired) electrons. The molecule has 1 aromatic rings. The highest BCUT2D eigenvalue weighted by Crippen LogP contribution is 2.16. The highest BCUT2D eigenvalue weighted by Gasteiger charge is 2.15. The van der Waals surface area contributed by atoms with Crippen LogP contribution in [0, 0.1) is 0 Å². The van der Waals surface area contributed by atoms with Gasteiger partial charge in [0.2, 0.25) is 0 Å². The maximum absolute atomic E-state index is 11.8. The Labute approximate surface area is 99.7 Å². The van der Waals surface area contributed by atoms with Crippen LogP contribution in [0.15, 0.2) is 40.8 Å². The molecule has 0 amide bonds. The molecule has 0 saturated carbocycles. The topological polar surface area (TPSA) is 51.2 Å². The quantitative estimate of drug-likeness (QED) is 0.615. The number of carbonyl (C=O) groups is 1. The fourth-order valence-corrected chi connectivity index (χ4v) is 2.65. The predicted molar refractivity (Wildman–Crippen MR) is 63.3 cm³/mol. The lowest BCUT2D eigenvalue weighted by molar-refractivity contribution is -0.104. The molecule has 16 heavy (non-hydrogen) atoms. The molecule has 0 bridgehead atoms. The summed E-state index contributed by atoms with van der Waals surface area (Å²) in [5, 5.41) is 0.473. The second kappa shape index (κ2) is 5.27. The van der Waals surface area contributed by atoms with Crippen LogP contribution in [0.25, 0.3) is 0 Å². The van der Waals surface area contributed by atoms with E-state index in [4.69, 9.17) is 11.6 Å². The minimum atomic E-state index is -3.46. The van der Waals surface area contributed by atoms with Crippen molar-refractivity contribution in [2.75, 3.05) is 5.75 Å². The molecule has 0 atom stereocenters. The summed E-state index contributed by atoms with van der Waals surface area (Å²) in [5.74, 6) is -0.283. The molecule has 0 spiro atoms. The molecule has 1 aromatic carbocycles. The van der Waals surface area contributed by atoms with Gasteiger partial charge in [0.25, 0.3) is 0 Å². The Morgan fingerprint density at radius 1 is 1.31 bits per heavy atom. The van der Waals surface area contributed by atoms with E-state index >= 15 is 0 Å². The largest absolute Gasteiger partial charge is 0.298 e. The molecule has 1 rings (SSSR count). The summed E-state index contributed by atoms with van der Waals surface area (Å²) in [6.07, 6.45) is 2.04. The van der Waals surface area contributed by atoms with Crippen molar-refractivity contribution in [1.29, 1.82) is 0 Å². The zero-order chi connectivity index (χ0) is 12.2. The second-order valence-corrected chi connectivity index (χ2v) is 5.62. The smallest absolute Gasteiger partial charge is 0.182 e. The molecule has 0 aliphatic carbocycles. The van der Waals surface area contributed by atoms with Crippen LogP contribution in [0.2, 0.25) is 5.02 Å². The van der Waals surface area contributed by atoms with Crippen molar-refractivity contribution in [1.82, 2.24) is 0 Å². The molecule has 0 fully saturated rings. The van der Waals surface area contributed by atoms with Crippen LogP contribution in [-0.2, 0) is 14.6 Å². The van der Waals surface area contributed by atoms with Gasteiger partial charge < -0.3 is 0 Å². The monoisotopic (exact) mass is 258 g/mol. The SMILES string of the molecule is C/C=C(\C=O)CS(=O)(=O)c1ccc(Cl)cc1. The normalized spacial score (nSPS) is 12.5. The first kappa shape index (κ1) is 12.9. The van der Waals surface area contributed by atoms with Crippen molar-refractivity contribution in [3.05, 3.63) is 40.9 Å². The lowest BCUT2D eigenvalue weighted by atomic mass is 10.3. The van der Waals surface area contributed by atoms with Crippen molar-refractivity contribution >= 4 is 27.7 Å². The summed E-state index contributed by atoms with van der Waals surface area (Å²) >= 11 is 5.66. The fourth-order valence-electron chi connectivity index (χ4n) is 1.13. The van der Waals surface area contributed by atoms with Crippen molar-refractivity contribution in [3.8, 4) is 0 Å². The minimum absolute atomic E-state index is 0.165. The number of allylic oxidation sites excluding steroid dienone is 1. The molecule has 5 heteroatoms. The van der Waals surface area contributed by atoms with Crippen LogP contribution in [0.3, 0.4) is 0 Å². The van der Waals surface area contributed by atoms with Crippen LogP contribution in [0.5, 0.6) is 0 Å². The third kappa shape index (κ3) is 3.18. The average Bonchev–Trinajstić information content (AvgIpc) is 2.26. The van der Waals surface area contributed by atoms with E-state index in [-0.39, 0.29) is 16.2 Å². The van der Waals surface area contributed by atoms with E-state index in [0.717, 1.165) is 0 Å². The van der Waals surface area contributed by atoms with Crippen LogP contribution in [-0.4, -0.2) is 20.5 Å². The second-order valence-electron chi connectivity index (χ2n) is 3.19. The Hall–Kier alpha value is -1.13. The summed E-state index contributed by atoms with van der Waals surface area (Å²) in [7, 11) is -3.46. The van der Waals surface area contributed by atoms with Crippen LogP contribution >= 0.6 is 11.6 Å². The molecule has 0 heterocycles. The first-order chi connectivity index (χ1) is 7.49. The molecule has 0 saturated heterocycles. The Kier molecular flexibility index (Phi) is 4.26. The van der Waals surface area contributed by atoms with Gasteiger partial charge in [-0.15, -0.1) is 0 Å². The highest BCUT2D eigenvalue weighted by molar-refractivity contribution is 7.91. The predicted octanol–water partition coefficient (Wildman–Crippen LogP) is 2.26. The number of rotatable bonds is 4. The van der Waals surface area contributed by atoms with E-state index in [0.29, 0.717) is 11.3 Å². The summed E-state index contributed by atoms with van der Waals surface area (Å²) in [4.78, 5) is 10.7. The van der Waals surface area contributed by atoms with Gasteiger partial charge in [-0.3, -0.25) is 4.79 Å². The van der Waals surface area contributed by atoms with E-state index in [9.17, 15) is 13.2 Å². The Balaban J connectivity index is 3.03. The summed E-state index contributed by atoms with van der Waals surface area (Å²) < 4.78 is 23.7. The zero-order valence-electron chi connectivity index (χ0n) is 8.68. The van der Waals surface area contributed by atoms with Crippen molar-refractivity contribution < 1.29 is 13.2 Å². The molecule has 0 aromatic heterocycles. The molecular weight excluding hydrogens is 248 g/mol. The summed E-state index contributed by atoms with van der Waals surface area (Å²) in [6.45, 7) is 1.63. The first-order valence-corrected chi connectivity index (χ1v) is 6.61. The molecule has 3 nitrogen and oxygen atoms in total. The number of halogens is 1. The van der Waals surface area contributed by atoms with E-state index in [2.05, 4.69) is 0 Å². The maximum atomic E-state index is 11.8. The average molecular weight is 259 g/mol. The van der Waals surface area contributed by atoms with Gasteiger partial charge in [-0.2, -0.15) is 0 Å². The van der Waals surface area contributed by atoms with Gasteiger partial charge in [-0.05, 0) is 31.2 Å². The van der Waals surface area contributed by atoms with Gasteiger partial charge in [-0.25, -0.2) is 8.42 Å². The Bertz CT molecular complexity index is 501. The zero-order valence-corrected chi connectivity index (χ0v) is 10.3. The molecular formula is C11H11ClO3S. The van der Waals surface area contributed by atoms with E-state index in [1.54, 1.807) is 6.92 Å². The van der Waals surface area contributed by atoms with Gasteiger partial charge in [0.05, 0.1) is 10.6 Å². The number of benzene rings is 1. The summed E-state index contributed by atoms with van der Waals surface area (Å²) in [5.41, 5.74) is 0.245. The molecule has 0 aliphatic heterocycles. The van der Waals surface area contributed by atoms with E-state index in [1.807, 2.05) is 0 Å². The van der Waals surface area contributed by atoms with Gasteiger partial charge in [-0.1, -0.05) is 17.7 Å². The van der Waals surface area contributed by atoms with E-state index < -0.39 is 9.84 Å². The minimum Gasteiger partial charge on any atom is -0.298 e. The number of aldehydes is 1. The molecule has 0 aliphatic rings. The number of carbonyl (C=O) groups excluding carboxylic acids is 1. The van der Waals surface area contributed by atoms with Crippen LogP contribution in [0.1, 0.15) is 6.92 Å². The Morgan fingerprint density at radius 2 is 1.88 bits per heavy atom. The van der Waals surface area contributed by atoms with Gasteiger partial charge >= 0.3 is 0 Å². The third-order valence-corrected chi connectivity index (χ3v) is 4.01. The molecule has 86 valence electrons. The summed E-state index contributed by atoms with van der Waals surface area (Å²) in [6, 6.07) is 5.86. The molecule has 0 N–H and O–H groups in total. The van der Waals surface area contributed by atoms with Gasteiger partial charge in [0, 0.05) is 10.6 Å². The van der Waals surface area contributed by atoms with Crippen LogP contribution < -0.4 is 0 Å². The van der Waals surface area contributed by atoms with Gasteiger partial charge in [0.1, 0.15) is 6.29 Å². The van der Waals surface area contributed by atoms with Crippen molar-refractivity contribution in [2.24, 2.45) is 0 Å². The Morgan fingerprint density at radius 3 is 2.31 bits per heavy atom. The lowest BCUT2D eigenvalue weighted by Gasteiger charge is -2.03. The number of sulfone groups is 1. The van der Waals surface area contributed by atoms with Crippen molar-refractivity contribution in [2.45, 2.75) is 11.8 Å². The first-order valence-electron chi connectivity index (χ1n) is 4.58. The molecule has 0 unspecified atom stereocenters. The lowest BCUT2D eigenvalue weighted by Crippen LogP contribution is -2.09. The maximum Gasteiger partial charge on any atom is 0.182 e. The standard InChI is InChI=1S/C11H11ClO3S/c1-2-9(7-13)8-16(14,15)11-5-3-10(12)4-6-11/h2-7H,8H2,1H3/b9-2+. The fraction of sp³-hybridized carbons (Fsp3) is 0.182. The van der Waals surface area contributed by atoms with Crippen molar-refractivity contribution in [3.63, 3.8) is 0 Å². The van der Waals surface area contributed by atoms with Gasteiger partial charge in [0.15, 0.2) is 9.84 Å².